The molecule has 43 heavy (non-hydrogen) atoms. The molecule has 3 aromatic carbocycles. The van der Waals surface area contributed by atoms with Crippen LogP contribution in [0.2, 0.25) is 0 Å². The molecule has 3 aromatic rings. The van der Waals surface area contributed by atoms with Crippen molar-refractivity contribution < 1.29 is 30.0 Å². The van der Waals surface area contributed by atoms with Crippen LogP contribution in [-0.4, -0.2) is 44.1 Å². The van der Waals surface area contributed by atoms with Gasteiger partial charge in [0.05, 0.1) is 22.3 Å². The summed E-state index contributed by atoms with van der Waals surface area (Å²) in [5.41, 5.74) is 2.28. The molecule has 230 valence electrons. The molecule has 0 fully saturated rings. The van der Waals surface area contributed by atoms with E-state index in [0.29, 0.717) is 41.8 Å². The summed E-state index contributed by atoms with van der Waals surface area (Å²) in [5.74, 6) is -1.33. The molecule has 1 aliphatic rings. The first-order chi connectivity index (χ1) is 20.6. The Morgan fingerprint density at radius 1 is 0.581 bits per heavy atom. The number of rotatable bonds is 14. The van der Waals surface area contributed by atoms with Gasteiger partial charge in [0.25, 0.3) is 0 Å². The van der Waals surface area contributed by atoms with Crippen molar-refractivity contribution in [3.63, 3.8) is 0 Å². The third-order valence-corrected chi connectivity index (χ3v) is 8.62. The number of aryl methyl sites for hydroxylation is 2. The van der Waals surface area contributed by atoms with Gasteiger partial charge in [0, 0.05) is 23.5 Å². The van der Waals surface area contributed by atoms with Crippen molar-refractivity contribution >= 4 is 22.9 Å². The Kier molecular flexibility index (Phi) is 10.2. The van der Waals surface area contributed by atoms with E-state index in [1.807, 2.05) is 12.1 Å². The minimum atomic E-state index is -0.489. The van der Waals surface area contributed by atoms with Crippen LogP contribution in [0.5, 0.6) is 23.0 Å². The maximum Gasteiger partial charge on any atom is 0.200 e. The molecule has 0 spiro atoms. The molecule has 4 rings (SSSR count). The average Bonchev–Trinajstić information content (AvgIpc) is 3.00. The van der Waals surface area contributed by atoms with E-state index in [9.17, 15) is 30.0 Å². The molecule has 0 amide bonds. The third kappa shape index (κ3) is 6.58. The number of unbranched alkanes of at least 4 members (excludes halogenated alkanes) is 2. The number of anilines is 2. The van der Waals surface area contributed by atoms with Gasteiger partial charge >= 0.3 is 0 Å². The minimum Gasteiger partial charge on any atom is -0.508 e. The first-order valence-electron chi connectivity index (χ1n) is 15.5. The van der Waals surface area contributed by atoms with E-state index in [0.717, 1.165) is 38.5 Å². The predicted octanol–water partition coefficient (Wildman–Crippen LogP) is 7.44. The molecule has 0 aliphatic heterocycles. The fraction of sp³-hybridized carbons (Fsp3) is 0.429. The summed E-state index contributed by atoms with van der Waals surface area (Å²) in [6, 6.07) is 9.68. The molecule has 0 saturated heterocycles. The van der Waals surface area contributed by atoms with Crippen LogP contribution in [0.25, 0.3) is 0 Å². The smallest absolute Gasteiger partial charge is 0.200 e. The quantitative estimate of drug-likeness (QED) is 0.0660. The standard InChI is InChI=1S/C35H44N2O6/c1-5-22(6-2)36-25-15-16-26(37-23(7-3)8-4)30-29(25)34(42)31-28(40)19-21(33(41)32(31)35(30)43)13-11-9-10-12-20-18-24(38)14-17-27(20)39/h14-19,22-23,36-41H,5-13H2,1-4H3. The van der Waals surface area contributed by atoms with Gasteiger partial charge in [0.15, 0.2) is 0 Å². The van der Waals surface area contributed by atoms with Crippen LogP contribution in [-0.2, 0) is 12.8 Å². The monoisotopic (exact) mass is 588 g/mol. The number of aromatic hydroxyl groups is 4. The number of hydrogen-bond donors (Lipinski definition) is 6. The van der Waals surface area contributed by atoms with E-state index in [4.69, 9.17) is 0 Å². The van der Waals surface area contributed by atoms with Crippen molar-refractivity contribution in [1.82, 2.24) is 0 Å². The lowest BCUT2D eigenvalue weighted by Gasteiger charge is -2.28. The zero-order chi connectivity index (χ0) is 31.3. The molecule has 1 aliphatic carbocycles. The Morgan fingerprint density at radius 3 is 1.63 bits per heavy atom. The second kappa shape index (κ2) is 13.8. The summed E-state index contributed by atoms with van der Waals surface area (Å²) >= 11 is 0. The van der Waals surface area contributed by atoms with Gasteiger partial charge in [-0.05, 0) is 98.9 Å². The van der Waals surface area contributed by atoms with E-state index >= 15 is 0 Å². The van der Waals surface area contributed by atoms with Gasteiger partial charge in [-0.3, -0.25) is 9.59 Å². The summed E-state index contributed by atoms with van der Waals surface area (Å²) in [6.45, 7) is 8.23. The topological polar surface area (TPSA) is 139 Å². The number of hydrogen-bond acceptors (Lipinski definition) is 8. The highest BCUT2D eigenvalue weighted by molar-refractivity contribution is 6.33. The fourth-order valence-corrected chi connectivity index (χ4v) is 5.92. The number of fused-ring (bicyclic) bond motifs is 2. The van der Waals surface area contributed by atoms with E-state index in [-0.39, 0.29) is 57.3 Å². The maximum atomic E-state index is 14.2. The van der Waals surface area contributed by atoms with E-state index in [1.165, 1.54) is 18.2 Å². The van der Waals surface area contributed by atoms with Gasteiger partial charge in [0.1, 0.15) is 23.0 Å². The second-order valence-electron chi connectivity index (χ2n) is 11.4. The SMILES string of the molecule is CCC(CC)Nc1ccc(NC(CC)CC)c2c1C(=O)c1c(O)cc(CCCCCc3cc(O)ccc3O)c(O)c1C2=O. The highest BCUT2D eigenvalue weighted by Crippen LogP contribution is 2.44. The molecule has 8 nitrogen and oxygen atoms in total. The lowest BCUT2D eigenvalue weighted by molar-refractivity contribution is 0.0975. The van der Waals surface area contributed by atoms with Crippen molar-refractivity contribution in [3.05, 3.63) is 69.8 Å². The number of carbonyl (C=O) groups is 2. The number of benzene rings is 3. The van der Waals surface area contributed by atoms with E-state index in [2.05, 4.69) is 38.3 Å². The van der Waals surface area contributed by atoms with Gasteiger partial charge in [-0.1, -0.05) is 34.1 Å². The molecular formula is C35H44N2O6. The summed E-state index contributed by atoms with van der Waals surface area (Å²) < 4.78 is 0. The summed E-state index contributed by atoms with van der Waals surface area (Å²) in [7, 11) is 0. The van der Waals surface area contributed by atoms with Gasteiger partial charge in [0.2, 0.25) is 11.6 Å². The molecule has 0 heterocycles. The molecule has 0 atom stereocenters. The van der Waals surface area contributed by atoms with E-state index in [1.54, 1.807) is 6.07 Å². The number of phenolic OH excluding ortho intramolecular Hbond substituents is 4. The molecule has 0 unspecified atom stereocenters. The predicted molar refractivity (Wildman–Crippen MR) is 170 cm³/mol. The lowest BCUT2D eigenvalue weighted by Crippen LogP contribution is -2.28. The van der Waals surface area contributed by atoms with Crippen LogP contribution in [0.4, 0.5) is 11.4 Å². The molecule has 8 heteroatoms. The van der Waals surface area contributed by atoms with Gasteiger partial charge in [-0.25, -0.2) is 0 Å². The molecule has 0 saturated carbocycles. The first kappa shape index (κ1) is 31.7. The van der Waals surface area contributed by atoms with Crippen LogP contribution in [0.3, 0.4) is 0 Å². The zero-order valence-corrected chi connectivity index (χ0v) is 25.6. The fourth-order valence-electron chi connectivity index (χ4n) is 5.92. The number of nitrogens with one attached hydrogen (secondary N) is 2. The number of ketones is 2. The second-order valence-corrected chi connectivity index (χ2v) is 11.4. The Bertz CT molecular complexity index is 1490. The number of carbonyl (C=O) groups excluding carboxylic acids is 2. The average molecular weight is 589 g/mol. The Labute approximate surface area is 253 Å². The highest BCUT2D eigenvalue weighted by atomic mass is 16.3. The summed E-state index contributed by atoms with van der Waals surface area (Å²) in [4.78, 5) is 28.2. The van der Waals surface area contributed by atoms with Crippen LogP contribution in [0.15, 0.2) is 36.4 Å². The Balaban J connectivity index is 1.65. The molecule has 0 bridgehead atoms. The third-order valence-electron chi connectivity index (χ3n) is 8.62. The van der Waals surface area contributed by atoms with Crippen molar-refractivity contribution in [1.29, 1.82) is 0 Å². The van der Waals surface area contributed by atoms with Crippen molar-refractivity contribution in [2.24, 2.45) is 0 Å². The summed E-state index contributed by atoms with van der Waals surface area (Å²) in [6.07, 6.45) is 6.43. The van der Waals surface area contributed by atoms with Crippen LogP contribution < -0.4 is 10.6 Å². The summed E-state index contributed by atoms with van der Waals surface area (Å²) in [5, 5.41) is 49.0. The first-order valence-corrected chi connectivity index (χ1v) is 15.5. The zero-order valence-electron chi connectivity index (χ0n) is 25.6. The van der Waals surface area contributed by atoms with Crippen molar-refractivity contribution in [2.45, 2.75) is 97.6 Å². The molecule has 0 radical (unpaired) electrons. The highest BCUT2D eigenvalue weighted by Gasteiger charge is 2.39. The molecular weight excluding hydrogens is 544 g/mol. The minimum absolute atomic E-state index is 0.0970. The van der Waals surface area contributed by atoms with E-state index < -0.39 is 11.6 Å². The van der Waals surface area contributed by atoms with Crippen molar-refractivity contribution in [3.8, 4) is 23.0 Å². The van der Waals surface area contributed by atoms with Crippen LogP contribution in [0.1, 0.15) is 116 Å². The normalized spacial score (nSPS) is 12.5. The van der Waals surface area contributed by atoms with Crippen LogP contribution >= 0.6 is 0 Å². The molecule has 0 aromatic heterocycles. The Hall–Kier alpha value is -4.20. The van der Waals surface area contributed by atoms with Gasteiger partial charge in [-0.2, -0.15) is 0 Å². The Morgan fingerprint density at radius 2 is 1.09 bits per heavy atom. The van der Waals surface area contributed by atoms with Gasteiger partial charge in [-0.15, -0.1) is 0 Å². The van der Waals surface area contributed by atoms with Crippen molar-refractivity contribution in [2.75, 3.05) is 10.6 Å². The van der Waals surface area contributed by atoms with Gasteiger partial charge < -0.3 is 31.1 Å². The molecule has 6 N–H and O–H groups in total. The maximum absolute atomic E-state index is 14.2. The van der Waals surface area contributed by atoms with Crippen LogP contribution in [0, 0.1) is 0 Å². The lowest BCUT2D eigenvalue weighted by atomic mass is 9.79. The largest absolute Gasteiger partial charge is 0.508 e. The number of phenols is 4.